The maximum Gasteiger partial charge on any atom is 0.272 e. The zero-order chi connectivity index (χ0) is 13.2. The molecule has 3 rings (SSSR count). The van der Waals surface area contributed by atoms with Crippen molar-refractivity contribution in [2.45, 2.75) is 6.54 Å². The monoisotopic (exact) mass is 256 g/mol. The van der Waals surface area contributed by atoms with Crippen molar-refractivity contribution in [3.8, 4) is 0 Å². The molecule has 96 valence electrons. The molecule has 0 bridgehead atoms. The summed E-state index contributed by atoms with van der Waals surface area (Å²) < 4.78 is 1.69. The van der Waals surface area contributed by atoms with Crippen LogP contribution in [-0.4, -0.2) is 30.9 Å². The summed E-state index contributed by atoms with van der Waals surface area (Å²) in [4.78, 5) is 16.1. The van der Waals surface area contributed by atoms with Gasteiger partial charge in [-0.2, -0.15) is 10.2 Å². The third-order valence-electron chi connectivity index (χ3n) is 2.85. The summed E-state index contributed by atoms with van der Waals surface area (Å²) in [5.74, 6) is 0.377. The van der Waals surface area contributed by atoms with Crippen LogP contribution >= 0.6 is 0 Å². The molecule has 2 N–H and O–H groups in total. The number of aryl methyl sites for hydroxylation is 1. The van der Waals surface area contributed by atoms with Crippen LogP contribution in [0, 0.1) is 0 Å². The zero-order valence-corrected chi connectivity index (χ0v) is 10.3. The molecule has 7 heteroatoms. The number of para-hydroxylation sites is 1. The molecular weight excluding hydrogens is 244 g/mol. The van der Waals surface area contributed by atoms with Gasteiger partial charge in [0.05, 0.1) is 12.1 Å². The van der Waals surface area contributed by atoms with Gasteiger partial charge in [0.1, 0.15) is 12.2 Å². The highest BCUT2D eigenvalue weighted by atomic mass is 16.1. The van der Waals surface area contributed by atoms with E-state index >= 15 is 0 Å². The van der Waals surface area contributed by atoms with Crippen LogP contribution in [0.2, 0.25) is 0 Å². The Morgan fingerprint density at radius 2 is 2.26 bits per heavy atom. The summed E-state index contributed by atoms with van der Waals surface area (Å²) in [7, 11) is 1.82. The van der Waals surface area contributed by atoms with Crippen LogP contribution in [0.3, 0.4) is 0 Å². The molecule has 0 fully saturated rings. The minimum Gasteiger partial charge on any atom is -0.343 e. The quantitative estimate of drug-likeness (QED) is 0.719. The first-order valence-electron chi connectivity index (χ1n) is 5.80. The molecule has 0 aliphatic heterocycles. The Morgan fingerprint density at radius 3 is 3.05 bits per heavy atom. The van der Waals surface area contributed by atoms with Crippen molar-refractivity contribution >= 4 is 16.8 Å². The molecule has 1 aromatic carbocycles. The molecule has 7 nitrogen and oxygen atoms in total. The highest BCUT2D eigenvalue weighted by molar-refractivity contribution is 6.04. The van der Waals surface area contributed by atoms with Gasteiger partial charge in [-0.15, -0.1) is 0 Å². The van der Waals surface area contributed by atoms with Gasteiger partial charge in [-0.1, -0.05) is 18.2 Å². The molecule has 2 aromatic heterocycles. The van der Waals surface area contributed by atoms with Gasteiger partial charge in [-0.05, 0) is 6.07 Å². The minimum absolute atomic E-state index is 0.229. The van der Waals surface area contributed by atoms with Gasteiger partial charge in [0, 0.05) is 12.4 Å². The first-order valence-corrected chi connectivity index (χ1v) is 5.80. The maximum absolute atomic E-state index is 12.1. The fourth-order valence-corrected chi connectivity index (χ4v) is 1.95. The standard InChI is InChI=1S/C12H12N6O/c1-18-9-5-3-2-4-8(9)11(17-18)12(19)13-6-10-14-7-15-16-10/h2-5,7H,6H2,1H3,(H,13,19)(H,14,15,16). The maximum atomic E-state index is 12.1. The van der Waals surface area contributed by atoms with Crippen LogP contribution in [0.1, 0.15) is 16.3 Å². The van der Waals surface area contributed by atoms with E-state index in [9.17, 15) is 4.79 Å². The van der Waals surface area contributed by atoms with Gasteiger partial charge in [0.25, 0.3) is 5.91 Å². The van der Waals surface area contributed by atoms with Crippen LogP contribution in [0.15, 0.2) is 30.6 Å². The number of H-pyrrole nitrogens is 1. The second-order valence-corrected chi connectivity index (χ2v) is 4.10. The Kier molecular flexibility index (Phi) is 2.71. The minimum atomic E-state index is -0.229. The molecule has 19 heavy (non-hydrogen) atoms. The molecule has 2 heterocycles. The molecule has 3 aromatic rings. The van der Waals surface area contributed by atoms with E-state index in [1.165, 1.54) is 6.33 Å². The Balaban J connectivity index is 1.85. The smallest absolute Gasteiger partial charge is 0.272 e. The average molecular weight is 256 g/mol. The van der Waals surface area contributed by atoms with Gasteiger partial charge in [0.2, 0.25) is 0 Å². The van der Waals surface area contributed by atoms with Gasteiger partial charge in [-0.25, -0.2) is 4.98 Å². The predicted molar refractivity (Wildman–Crippen MR) is 68.3 cm³/mol. The van der Waals surface area contributed by atoms with Crippen LogP contribution < -0.4 is 5.32 Å². The van der Waals surface area contributed by atoms with E-state index in [1.54, 1.807) is 4.68 Å². The van der Waals surface area contributed by atoms with Crippen molar-refractivity contribution in [2.24, 2.45) is 7.05 Å². The molecule has 0 spiro atoms. The SMILES string of the molecule is Cn1nc(C(=O)NCc2ncn[nH]2)c2ccccc21. The van der Waals surface area contributed by atoms with Crippen LogP contribution in [-0.2, 0) is 13.6 Å². The largest absolute Gasteiger partial charge is 0.343 e. The van der Waals surface area contributed by atoms with Crippen LogP contribution in [0.5, 0.6) is 0 Å². The number of aromatic nitrogens is 5. The Labute approximate surface area is 108 Å². The van der Waals surface area contributed by atoms with E-state index in [2.05, 4.69) is 25.6 Å². The number of rotatable bonds is 3. The van der Waals surface area contributed by atoms with Crippen molar-refractivity contribution in [1.29, 1.82) is 0 Å². The van der Waals surface area contributed by atoms with Crippen molar-refractivity contribution in [1.82, 2.24) is 30.3 Å². The lowest BCUT2D eigenvalue weighted by atomic mass is 10.2. The van der Waals surface area contributed by atoms with Crippen LogP contribution in [0.25, 0.3) is 10.9 Å². The number of fused-ring (bicyclic) bond motifs is 1. The van der Waals surface area contributed by atoms with E-state index in [0.717, 1.165) is 10.9 Å². The number of hydrogen-bond donors (Lipinski definition) is 2. The molecule has 0 aliphatic rings. The van der Waals surface area contributed by atoms with Gasteiger partial charge < -0.3 is 5.32 Å². The second kappa shape index (κ2) is 4.52. The first-order chi connectivity index (χ1) is 9.25. The molecule has 0 radical (unpaired) electrons. The number of benzene rings is 1. The summed E-state index contributed by atoms with van der Waals surface area (Å²) in [6.45, 7) is 0.295. The Hall–Kier alpha value is -2.70. The van der Waals surface area contributed by atoms with Gasteiger partial charge in [0.15, 0.2) is 5.69 Å². The number of nitrogens with zero attached hydrogens (tertiary/aromatic N) is 4. The van der Waals surface area contributed by atoms with Crippen molar-refractivity contribution in [2.75, 3.05) is 0 Å². The lowest BCUT2D eigenvalue weighted by molar-refractivity contribution is 0.0946. The van der Waals surface area contributed by atoms with E-state index in [-0.39, 0.29) is 5.91 Å². The fraction of sp³-hybridized carbons (Fsp3) is 0.167. The van der Waals surface area contributed by atoms with E-state index in [0.29, 0.717) is 18.1 Å². The topological polar surface area (TPSA) is 88.5 Å². The van der Waals surface area contributed by atoms with Crippen molar-refractivity contribution < 1.29 is 4.79 Å². The number of carbonyl (C=O) groups excluding carboxylic acids is 1. The fourth-order valence-electron chi connectivity index (χ4n) is 1.95. The predicted octanol–water partition coefficient (Wildman–Crippen LogP) is 0.621. The summed E-state index contributed by atoms with van der Waals surface area (Å²) in [5, 5.41) is 14.2. The van der Waals surface area contributed by atoms with Gasteiger partial charge >= 0.3 is 0 Å². The van der Waals surface area contributed by atoms with E-state index in [4.69, 9.17) is 0 Å². The highest BCUT2D eigenvalue weighted by Gasteiger charge is 2.15. The normalized spacial score (nSPS) is 10.8. The molecule has 0 saturated carbocycles. The van der Waals surface area contributed by atoms with E-state index in [1.807, 2.05) is 31.3 Å². The van der Waals surface area contributed by atoms with Crippen LogP contribution in [0.4, 0.5) is 0 Å². The summed E-state index contributed by atoms with van der Waals surface area (Å²) in [6, 6.07) is 7.61. The lowest BCUT2D eigenvalue weighted by Crippen LogP contribution is -2.24. The summed E-state index contributed by atoms with van der Waals surface area (Å²) in [5.41, 5.74) is 1.34. The lowest BCUT2D eigenvalue weighted by Gasteiger charge is -2.00. The molecular formula is C12H12N6O. The molecule has 1 amide bonds. The third kappa shape index (κ3) is 2.05. The number of carbonyl (C=O) groups is 1. The molecule has 0 aliphatic carbocycles. The number of nitrogens with one attached hydrogen (secondary N) is 2. The number of hydrogen-bond acceptors (Lipinski definition) is 4. The van der Waals surface area contributed by atoms with Crippen molar-refractivity contribution in [3.05, 3.63) is 42.1 Å². The van der Waals surface area contributed by atoms with E-state index < -0.39 is 0 Å². The Bertz CT molecular complexity index is 715. The number of amides is 1. The first kappa shape index (κ1) is 11.4. The zero-order valence-electron chi connectivity index (χ0n) is 10.3. The molecule has 0 saturated heterocycles. The average Bonchev–Trinajstić information content (AvgIpc) is 3.05. The molecule has 0 unspecified atom stereocenters. The third-order valence-corrected chi connectivity index (χ3v) is 2.85. The summed E-state index contributed by atoms with van der Waals surface area (Å²) >= 11 is 0. The van der Waals surface area contributed by atoms with Crippen molar-refractivity contribution in [3.63, 3.8) is 0 Å². The highest BCUT2D eigenvalue weighted by Crippen LogP contribution is 2.17. The Morgan fingerprint density at radius 1 is 1.42 bits per heavy atom. The number of aromatic amines is 1. The molecule has 0 atom stereocenters. The second-order valence-electron chi connectivity index (χ2n) is 4.10. The summed E-state index contributed by atoms with van der Waals surface area (Å²) in [6.07, 6.45) is 1.40. The van der Waals surface area contributed by atoms with Gasteiger partial charge in [-0.3, -0.25) is 14.6 Å².